The Bertz CT molecular complexity index is 344. The highest BCUT2D eigenvalue weighted by Gasteiger charge is 2.25. The number of halogens is 1. The van der Waals surface area contributed by atoms with Gasteiger partial charge in [-0.1, -0.05) is 55.0 Å². The van der Waals surface area contributed by atoms with Gasteiger partial charge >= 0.3 is 0 Å². The number of nitrogens with zero attached hydrogens (tertiary/aromatic N) is 1. The standard InChI is InChI=1S/C17H26BrN/c1-2-3-4-14-5-7-16(8-6-14)17(18)13-15-9-11-19-12-10-15/h9-12,14,16-17H,2-8,13H2,1H3. The molecule has 0 radical (unpaired) electrons. The second-order valence-electron chi connectivity index (χ2n) is 6.00. The average molecular weight is 324 g/mol. The molecule has 2 heteroatoms. The molecule has 1 unspecified atom stereocenters. The van der Waals surface area contributed by atoms with E-state index in [2.05, 4.69) is 40.0 Å². The van der Waals surface area contributed by atoms with Crippen LogP contribution in [0.3, 0.4) is 0 Å². The molecule has 0 amide bonds. The second-order valence-corrected chi connectivity index (χ2v) is 7.17. The molecule has 0 aromatic carbocycles. The maximum Gasteiger partial charge on any atom is 0.0270 e. The van der Waals surface area contributed by atoms with Crippen molar-refractivity contribution >= 4 is 15.9 Å². The summed E-state index contributed by atoms with van der Waals surface area (Å²) in [5.74, 6) is 1.88. The van der Waals surface area contributed by atoms with Crippen LogP contribution in [0.5, 0.6) is 0 Å². The number of unbranched alkanes of at least 4 members (excludes halogenated alkanes) is 1. The number of hydrogen-bond donors (Lipinski definition) is 0. The molecule has 0 N–H and O–H groups in total. The van der Waals surface area contributed by atoms with Crippen molar-refractivity contribution in [2.75, 3.05) is 0 Å². The molecule has 1 aliphatic rings. The van der Waals surface area contributed by atoms with Crippen molar-refractivity contribution in [2.24, 2.45) is 11.8 Å². The molecule has 2 rings (SSSR count). The van der Waals surface area contributed by atoms with E-state index in [0.29, 0.717) is 4.83 Å². The summed E-state index contributed by atoms with van der Waals surface area (Å²) in [6.07, 6.45) is 14.9. The molecular formula is C17H26BrN. The summed E-state index contributed by atoms with van der Waals surface area (Å²) in [5, 5.41) is 0. The van der Waals surface area contributed by atoms with Crippen LogP contribution in [-0.2, 0) is 6.42 Å². The summed E-state index contributed by atoms with van der Waals surface area (Å²) in [4.78, 5) is 4.73. The lowest BCUT2D eigenvalue weighted by Gasteiger charge is -2.31. The van der Waals surface area contributed by atoms with Gasteiger partial charge in [0.15, 0.2) is 0 Å². The van der Waals surface area contributed by atoms with Crippen molar-refractivity contribution in [1.29, 1.82) is 0 Å². The zero-order chi connectivity index (χ0) is 13.5. The zero-order valence-corrected chi connectivity index (χ0v) is 13.6. The predicted octanol–water partition coefficient (Wildman–Crippen LogP) is 5.38. The molecule has 1 aromatic rings. The third kappa shape index (κ3) is 4.91. The van der Waals surface area contributed by atoms with Crippen molar-refractivity contribution in [3.05, 3.63) is 30.1 Å². The zero-order valence-electron chi connectivity index (χ0n) is 12.0. The van der Waals surface area contributed by atoms with Crippen molar-refractivity contribution in [3.63, 3.8) is 0 Å². The molecule has 0 saturated heterocycles. The predicted molar refractivity (Wildman–Crippen MR) is 85.6 cm³/mol. The molecule has 1 aromatic heterocycles. The highest BCUT2D eigenvalue weighted by molar-refractivity contribution is 9.09. The van der Waals surface area contributed by atoms with Crippen molar-refractivity contribution < 1.29 is 0 Å². The van der Waals surface area contributed by atoms with Gasteiger partial charge in [-0.15, -0.1) is 0 Å². The first-order chi connectivity index (χ1) is 9.29. The molecule has 0 spiro atoms. The van der Waals surface area contributed by atoms with E-state index in [1.54, 1.807) is 0 Å². The number of hydrogen-bond acceptors (Lipinski definition) is 1. The molecule has 1 heterocycles. The van der Waals surface area contributed by atoms with E-state index in [9.17, 15) is 0 Å². The van der Waals surface area contributed by atoms with Gasteiger partial charge in [-0.3, -0.25) is 4.98 Å². The molecule has 1 atom stereocenters. The second kappa shape index (κ2) is 8.04. The van der Waals surface area contributed by atoms with Crippen LogP contribution in [0.25, 0.3) is 0 Å². The molecular weight excluding hydrogens is 298 g/mol. The average Bonchev–Trinajstić information content (AvgIpc) is 2.46. The van der Waals surface area contributed by atoms with Crippen LogP contribution < -0.4 is 0 Å². The highest BCUT2D eigenvalue weighted by atomic mass is 79.9. The van der Waals surface area contributed by atoms with Crippen LogP contribution in [0.1, 0.15) is 57.4 Å². The Morgan fingerprint density at radius 1 is 1.21 bits per heavy atom. The molecule has 1 nitrogen and oxygen atoms in total. The molecule has 0 aliphatic heterocycles. The van der Waals surface area contributed by atoms with Gasteiger partial charge in [0, 0.05) is 17.2 Å². The van der Waals surface area contributed by atoms with Crippen LogP contribution >= 0.6 is 15.9 Å². The first-order valence-electron chi connectivity index (χ1n) is 7.82. The summed E-state index contributed by atoms with van der Waals surface area (Å²) in [7, 11) is 0. The number of aromatic nitrogens is 1. The van der Waals surface area contributed by atoms with Crippen LogP contribution in [-0.4, -0.2) is 9.81 Å². The van der Waals surface area contributed by atoms with E-state index in [1.807, 2.05) is 12.4 Å². The van der Waals surface area contributed by atoms with E-state index >= 15 is 0 Å². The van der Waals surface area contributed by atoms with Gasteiger partial charge in [0.25, 0.3) is 0 Å². The molecule has 19 heavy (non-hydrogen) atoms. The monoisotopic (exact) mass is 323 g/mol. The van der Waals surface area contributed by atoms with E-state index in [4.69, 9.17) is 0 Å². The Kier molecular flexibility index (Phi) is 6.36. The van der Waals surface area contributed by atoms with Crippen molar-refractivity contribution in [1.82, 2.24) is 4.98 Å². The van der Waals surface area contributed by atoms with E-state index in [0.717, 1.165) is 18.3 Å². The summed E-state index contributed by atoms with van der Waals surface area (Å²) in [5.41, 5.74) is 1.41. The summed E-state index contributed by atoms with van der Waals surface area (Å²) >= 11 is 3.93. The number of alkyl halides is 1. The number of pyridine rings is 1. The topological polar surface area (TPSA) is 12.9 Å². The minimum absolute atomic E-state index is 0.641. The van der Waals surface area contributed by atoms with Crippen molar-refractivity contribution in [3.8, 4) is 0 Å². The first kappa shape index (κ1) is 15.0. The quantitative estimate of drug-likeness (QED) is 0.640. The largest absolute Gasteiger partial charge is 0.265 e. The minimum atomic E-state index is 0.641. The van der Waals surface area contributed by atoms with Gasteiger partial charge in [0.2, 0.25) is 0 Å². The van der Waals surface area contributed by atoms with Crippen LogP contribution in [0.4, 0.5) is 0 Å². The molecule has 106 valence electrons. The van der Waals surface area contributed by atoms with Crippen molar-refractivity contribution in [2.45, 2.75) is 63.1 Å². The third-order valence-corrected chi connectivity index (χ3v) is 5.62. The fourth-order valence-electron chi connectivity index (χ4n) is 3.24. The van der Waals surface area contributed by atoms with Gasteiger partial charge in [-0.2, -0.15) is 0 Å². The summed E-state index contributed by atoms with van der Waals surface area (Å²) in [6.45, 7) is 2.30. The van der Waals surface area contributed by atoms with E-state index < -0.39 is 0 Å². The Morgan fingerprint density at radius 3 is 2.53 bits per heavy atom. The molecule has 1 aliphatic carbocycles. The lowest BCUT2D eigenvalue weighted by atomic mass is 9.78. The Hall–Kier alpha value is -0.370. The van der Waals surface area contributed by atoms with E-state index in [-0.39, 0.29) is 0 Å². The highest BCUT2D eigenvalue weighted by Crippen LogP contribution is 2.36. The maximum atomic E-state index is 4.09. The number of rotatable bonds is 6. The van der Waals surface area contributed by atoms with Gasteiger partial charge in [0.1, 0.15) is 0 Å². The lowest BCUT2D eigenvalue weighted by Crippen LogP contribution is -2.23. The summed E-state index contributed by atoms with van der Waals surface area (Å²) in [6, 6.07) is 4.28. The maximum absolute atomic E-state index is 4.09. The van der Waals surface area contributed by atoms with E-state index in [1.165, 1.54) is 50.5 Å². The fourth-order valence-corrected chi connectivity index (χ4v) is 4.14. The Balaban J connectivity index is 1.74. The minimum Gasteiger partial charge on any atom is -0.265 e. The molecule has 1 fully saturated rings. The summed E-state index contributed by atoms with van der Waals surface area (Å²) < 4.78 is 0. The Labute approximate surface area is 126 Å². The first-order valence-corrected chi connectivity index (χ1v) is 8.74. The third-order valence-electron chi connectivity index (χ3n) is 4.55. The smallest absolute Gasteiger partial charge is 0.0270 e. The fraction of sp³-hybridized carbons (Fsp3) is 0.706. The molecule has 0 bridgehead atoms. The normalized spacial score (nSPS) is 25.2. The SMILES string of the molecule is CCCCC1CCC(C(Br)Cc2ccncc2)CC1. The van der Waals surface area contributed by atoms with Crippen LogP contribution in [0.15, 0.2) is 24.5 Å². The van der Waals surface area contributed by atoms with Crippen LogP contribution in [0.2, 0.25) is 0 Å². The molecule has 1 saturated carbocycles. The van der Waals surface area contributed by atoms with Gasteiger partial charge < -0.3 is 0 Å². The van der Waals surface area contributed by atoms with Gasteiger partial charge in [0.05, 0.1) is 0 Å². The van der Waals surface area contributed by atoms with Gasteiger partial charge in [-0.05, 0) is 48.8 Å². The lowest BCUT2D eigenvalue weighted by molar-refractivity contribution is 0.256. The Morgan fingerprint density at radius 2 is 1.89 bits per heavy atom. The van der Waals surface area contributed by atoms with Gasteiger partial charge in [-0.25, -0.2) is 0 Å². The van der Waals surface area contributed by atoms with Crippen LogP contribution in [0, 0.1) is 11.8 Å².